The van der Waals surface area contributed by atoms with Crippen LogP contribution in [0.4, 0.5) is 5.69 Å². The molecule has 42 heavy (non-hydrogen) atoms. The largest absolute Gasteiger partial charge is 0.484 e. The first-order valence-corrected chi connectivity index (χ1v) is 16.5. The van der Waals surface area contributed by atoms with E-state index in [1.54, 1.807) is 11.8 Å². The number of imide groups is 1. The van der Waals surface area contributed by atoms with Gasteiger partial charge in [0.25, 0.3) is 5.91 Å². The minimum Gasteiger partial charge on any atom is -0.484 e. The standard InChI is InChI=1S/C32H31N3O5S2/c36-22(34-12-5-2-6-13-34)16-40-19-11-7-8-17(14-19)23-24-20-15-21(27(24)41-29-28(23)42-32(39)33-29)26-25(20)30(37)35(31(26)38)18-9-3-1-4-10-18/h1,3-4,7-11,14,20-21,23-27H,2,5-6,12-13,15-16H2,(H,33,39)/t20-,21-,23-,24?,25?,26?,27?/m1/s1. The van der Waals surface area contributed by atoms with E-state index in [0.717, 1.165) is 54.2 Å². The summed E-state index contributed by atoms with van der Waals surface area (Å²) in [6.45, 7) is 1.57. The highest BCUT2D eigenvalue weighted by Crippen LogP contribution is 2.68. The summed E-state index contributed by atoms with van der Waals surface area (Å²) in [5, 5.41) is 1.00. The summed E-state index contributed by atoms with van der Waals surface area (Å²) in [7, 11) is 0. The average Bonchev–Trinajstić information content (AvgIpc) is 3.75. The van der Waals surface area contributed by atoms with Crippen molar-refractivity contribution in [3.8, 4) is 5.75 Å². The summed E-state index contributed by atoms with van der Waals surface area (Å²) < 4.78 is 6.01. The van der Waals surface area contributed by atoms with Gasteiger partial charge in [0.2, 0.25) is 11.8 Å². The van der Waals surface area contributed by atoms with Crippen LogP contribution in [-0.4, -0.2) is 52.6 Å². The summed E-state index contributed by atoms with van der Waals surface area (Å²) in [5.74, 6) is -0.0779. The number of hydrogen-bond donors (Lipinski definition) is 1. The summed E-state index contributed by atoms with van der Waals surface area (Å²) >= 11 is 2.93. The summed E-state index contributed by atoms with van der Waals surface area (Å²) in [4.78, 5) is 60.2. The quantitative estimate of drug-likeness (QED) is 0.433. The van der Waals surface area contributed by atoms with Crippen LogP contribution in [0.2, 0.25) is 0 Å². The number of H-pyrrole nitrogens is 1. The lowest BCUT2D eigenvalue weighted by Crippen LogP contribution is -2.42. The van der Waals surface area contributed by atoms with Gasteiger partial charge in [0.05, 0.1) is 22.5 Å². The van der Waals surface area contributed by atoms with Crippen LogP contribution in [0.15, 0.2) is 64.4 Å². The number of benzene rings is 2. The van der Waals surface area contributed by atoms with Crippen molar-refractivity contribution in [2.75, 3.05) is 24.6 Å². The second kappa shape index (κ2) is 10.1. The molecule has 2 aromatic carbocycles. The topological polar surface area (TPSA) is 99.8 Å². The zero-order valence-electron chi connectivity index (χ0n) is 22.9. The Morgan fingerprint density at radius 1 is 0.929 bits per heavy atom. The Morgan fingerprint density at radius 3 is 2.48 bits per heavy atom. The molecule has 4 unspecified atom stereocenters. The molecule has 8 nitrogen and oxygen atoms in total. The number of anilines is 1. The number of piperidine rings is 1. The van der Waals surface area contributed by atoms with E-state index in [4.69, 9.17) is 4.74 Å². The van der Waals surface area contributed by atoms with Crippen molar-refractivity contribution >= 4 is 46.5 Å². The van der Waals surface area contributed by atoms with Crippen molar-refractivity contribution in [2.45, 2.75) is 41.9 Å². The number of ether oxygens (including phenoxy) is 1. The second-order valence-electron chi connectivity index (χ2n) is 12.1. The van der Waals surface area contributed by atoms with Gasteiger partial charge in [0, 0.05) is 29.1 Å². The van der Waals surface area contributed by atoms with E-state index in [1.807, 2.05) is 53.4 Å². The Balaban J connectivity index is 1.11. The molecule has 5 aliphatic rings. The average molecular weight is 602 g/mol. The number of fused-ring (bicyclic) bond motifs is 9. The van der Waals surface area contributed by atoms with Gasteiger partial charge in [-0.15, -0.1) is 11.8 Å². The molecule has 2 bridgehead atoms. The van der Waals surface area contributed by atoms with Gasteiger partial charge >= 0.3 is 4.87 Å². The van der Waals surface area contributed by atoms with Gasteiger partial charge in [0.1, 0.15) is 5.75 Å². The zero-order valence-corrected chi connectivity index (χ0v) is 24.6. The number of para-hydroxylation sites is 1. The van der Waals surface area contributed by atoms with Gasteiger partial charge in [0.15, 0.2) is 6.61 Å². The van der Waals surface area contributed by atoms with E-state index >= 15 is 0 Å². The fraction of sp³-hybridized carbons (Fsp3) is 0.438. The minimum atomic E-state index is -0.342. The van der Waals surface area contributed by atoms with Crippen molar-refractivity contribution in [2.24, 2.45) is 29.6 Å². The number of nitrogens with zero attached hydrogens (tertiary/aromatic N) is 2. The maximum Gasteiger partial charge on any atom is 0.305 e. The van der Waals surface area contributed by atoms with E-state index in [1.165, 1.54) is 16.2 Å². The normalized spacial score (nSPS) is 31.2. The smallest absolute Gasteiger partial charge is 0.305 e. The van der Waals surface area contributed by atoms with Crippen molar-refractivity contribution in [3.63, 3.8) is 0 Å². The molecule has 1 aromatic heterocycles. The van der Waals surface area contributed by atoms with Crippen LogP contribution < -0.4 is 14.5 Å². The third-order valence-electron chi connectivity index (χ3n) is 10.0. The van der Waals surface area contributed by atoms with E-state index < -0.39 is 0 Å². The predicted octanol–water partition coefficient (Wildman–Crippen LogP) is 4.51. The molecule has 2 aliphatic carbocycles. The van der Waals surface area contributed by atoms with E-state index in [2.05, 4.69) is 11.1 Å². The zero-order chi connectivity index (χ0) is 28.5. The SMILES string of the molecule is O=C(COc1cccc([C@H]2c3sc(=O)[nH]c3SC3C2[C@H]2C[C@@H]3C3C(=O)N(c4ccccc4)C(=O)C32)c1)N1CCCCC1. The Kier molecular flexibility index (Phi) is 6.33. The highest BCUT2D eigenvalue weighted by molar-refractivity contribution is 8.00. The maximum atomic E-state index is 13.9. The molecule has 3 aromatic rings. The monoisotopic (exact) mass is 601 g/mol. The fourth-order valence-electron chi connectivity index (χ4n) is 8.40. The van der Waals surface area contributed by atoms with E-state index in [0.29, 0.717) is 11.4 Å². The van der Waals surface area contributed by atoms with Gasteiger partial charge in [-0.25, -0.2) is 0 Å². The molecule has 8 rings (SSSR count). The summed E-state index contributed by atoms with van der Waals surface area (Å²) in [6.07, 6.45) is 4.07. The van der Waals surface area contributed by atoms with Gasteiger partial charge in [-0.2, -0.15) is 0 Å². The van der Waals surface area contributed by atoms with Crippen molar-refractivity contribution in [1.82, 2.24) is 9.88 Å². The molecule has 7 atom stereocenters. The number of hydrogen-bond acceptors (Lipinski definition) is 7. The van der Waals surface area contributed by atoms with Crippen LogP contribution in [0.1, 0.15) is 42.0 Å². The van der Waals surface area contributed by atoms with Crippen LogP contribution in [-0.2, 0) is 14.4 Å². The maximum absolute atomic E-state index is 13.9. The van der Waals surface area contributed by atoms with Crippen LogP contribution >= 0.6 is 23.1 Å². The molecule has 0 radical (unpaired) electrons. The molecule has 0 spiro atoms. The number of carbonyl (C=O) groups is 3. The summed E-state index contributed by atoms with van der Waals surface area (Å²) in [5.41, 5.74) is 1.66. The molecular weight excluding hydrogens is 571 g/mol. The molecule has 1 N–H and O–H groups in total. The van der Waals surface area contributed by atoms with Crippen molar-refractivity contribution in [1.29, 1.82) is 0 Å². The van der Waals surface area contributed by atoms with Crippen molar-refractivity contribution in [3.05, 3.63) is 74.7 Å². The number of rotatable bonds is 5. The van der Waals surface area contributed by atoms with Crippen molar-refractivity contribution < 1.29 is 19.1 Å². The first-order chi connectivity index (χ1) is 20.5. The number of thiazole rings is 1. The molecule has 216 valence electrons. The number of nitrogens with one attached hydrogen (secondary N) is 1. The number of thioether (sulfide) groups is 1. The lowest BCUT2D eigenvalue weighted by Gasteiger charge is -2.43. The number of amides is 3. The molecule has 4 fully saturated rings. The molecule has 3 amide bonds. The number of likely N-dealkylation sites (tertiary alicyclic amines) is 1. The number of carbonyl (C=O) groups excluding carboxylic acids is 3. The van der Waals surface area contributed by atoms with Gasteiger partial charge < -0.3 is 14.6 Å². The molecule has 3 aliphatic heterocycles. The molecular formula is C32H31N3O5S2. The predicted molar refractivity (Wildman–Crippen MR) is 160 cm³/mol. The Morgan fingerprint density at radius 2 is 1.69 bits per heavy atom. The first-order valence-electron chi connectivity index (χ1n) is 14.8. The number of aromatic amines is 1. The lowest BCUT2D eigenvalue weighted by molar-refractivity contribution is -0.134. The summed E-state index contributed by atoms with van der Waals surface area (Å²) in [6, 6.07) is 17.1. The molecule has 2 saturated heterocycles. The van der Waals surface area contributed by atoms with Crippen LogP contribution in [0.3, 0.4) is 0 Å². The Hall–Kier alpha value is -3.37. The first kappa shape index (κ1) is 26.3. The van der Waals surface area contributed by atoms with E-state index in [-0.39, 0.29) is 70.0 Å². The van der Waals surface area contributed by atoms with Crippen LogP contribution in [0, 0.1) is 29.6 Å². The lowest BCUT2D eigenvalue weighted by atomic mass is 9.68. The molecule has 10 heteroatoms. The van der Waals surface area contributed by atoms with Gasteiger partial charge in [-0.3, -0.25) is 24.1 Å². The Bertz CT molecular complexity index is 1630. The number of aromatic nitrogens is 1. The second-order valence-corrected chi connectivity index (χ2v) is 14.3. The van der Waals surface area contributed by atoms with Crippen LogP contribution in [0.5, 0.6) is 5.75 Å². The molecule has 2 saturated carbocycles. The fourth-order valence-corrected chi connectivity index (χ4v) is 11.3. The highest BCUT2D eigenvalue weighted by Gasteiger charge is 2.69. The highest BCUT2D eigenvalue weighted by atomic mass is 32.2. The molecule has 4 heterocycles. The van der Waals surface area contributed by atoms with Gasteiger partial charge in [-0.05, 0) is 73.3 Å². The van der Waals surface area contributed by atoms with Gasteiger partial charge in [-0.1, -0.05) is 41.7 Å². The van der Waals surface area contributed by atoms with Crippen LogP contribution in [0.25, 0.3) is 0 Å². The Labute approximate surface area is 251 Å². The minimum absolute atomic E-state index is 0.000843. The third kappa shape index (κ3) is 4.01. The third-order valence-corrected chi connectivity index (χ3v) is 12.6. The van der Waals surface area contributed by atoms with E-state index in [9.17, 15) is 19.2 Å².